The first-order valence-electron chi connectivity index (χ1n) is 12.9. The molecular formula is C32H24BrF3N2O5. The van der Waals surface area contributed by atoms with E-state index in [1.54, 1.807) is 60.9 Å². The number of benzene rings is 3. The molecule has 0 bridgehead atoms. The molecule has 3 aromatic carbocycles. The molecule has 0 unspecified atom stereocenters. The third-order valence-electron chi connectivity index (χ3n) is 6.26. The van der Waals surface area contributed by atoms with Crippen molar-refractivity contribution in [2.24, 2.45) is 0 Å². The number of pyridine rings is 1. The summed E-state index contributed by atoms with van der Waals surface area (Å²) >= 11 is 3.21. The molecule has 0 fully saturated rings. The highest BCUT2D eigenvalue weighted by Crippen LogP contribution is 2.36. The normalized spacial score (nSPS) is 12.5. The minimum absolute atomic E-state index is 0.0556. The average Bonchev–Trinajstić information content (AvgIpc) is 2.99. The first kappa shape index (κ1) is 31.3. The topological polar surface area (TPSA) is 98.5 Å². The first-order valence-corrected chi connectivity index (χ1v) is 13.7. The van der Waals surface area contributed by atoms with Crippen LogP contribution in [0.15, 0.2) is 95.7 Å². The number of aromatic nitrogens is 1. The van der Waals surface area contributed by atoms with Crippen molar-refractivity contribution in [1.29, 1.82) is 5.26 Å². The molecule has 0 aliphatic carbocycles. The molecular weight excluding hydrogens is 629 g/mol. The smallest absolute Gasteiger partial charge is 0.416 e. The largest absolute Gasteiger partial charge is 0.487 e. The van der Waals surface area contributed by atoms with E-state index >= 15 is 0 Å². The van der Waals surface area contributed by atoms with E-state index in [-0.39, 0.29) is 28.8 Å². The van der Waals surface area contributed by atoms with Gasteiger partial charge in [-0.15, -0.1) is 0 Å². The van der Waals surface area contributed by atoms with E-state index < -0.39 is 35.9 Å². The average molecular weight is 653 g/mol. The summed E-state index contributed by atoms with van der Waals surface area (Å²) in [6, 6.07) is 21.6. The molecule has 1 aromatic heterocycles. The van der Waals surface area contributed by atoms with Gasteiger partial charge < -0.3 is 14.2 Å². The van der Waals surface area contributed by atoms with Crippen LogP contribution in [0.25, 0.3) is 0 Å². The number of halogens is 4. The maximum absolute atomic E-state index is 13.5. The molecule has 2 atom stereocenters. The second-order valence-corrected chi connectivity index (χ2v) is 10.2. The van der Waals surface area contributed by atoms with Gasteiger partial charge in [0.05, 0.1) is 11.1 Å². The SMILES string of the molecule is CC(=O)O[C@H](C(=O)O[C@H](Cc1ccc(C(F)(F)F)cc1Br)c1ccc(C#N)c(OCc2cccnc2)c1)c1ccccc1. The Balaban J connectivity index is 1.71. The third kappa shape index (κ3) is 8.42. The van der Waals surface area contributed by atoms with E-state index in [1.807, 2.05) is 0 Å². The van der Waals surface area contributed by atoms with Crippen LogP contribution in [0.2, 0.25) is 0 Å². The standard InChI is InChI=1S/C32H24BrF3N2O5/c1-20(39)42-30(22-7-3-2-4-8-22)31(40)43-29(14-23-11-12-26(16-27(23)33)32(34,35)36)24-9-10-25(17-37)28(15-24)41-19-21-6-5-13-38-18-21/h2-13,15-16,18,29-30H,14,19H2,1H3/t29-,30+/m1/s1. The van der Waals surface area contributed by atoms with Crippen LogP contribution in [0.3, 0.4) is 0 Å². The van der Waals surface area contributed by atoms with E-state index in [0.29, 0.717) is 16.7 Å². The lowest BCUT2D eigenvalue weighted by atomic mass is 9.98. The fourth-order valence-electron chi connectivity index (χ4n) is 4.16. The predicted molar refractivity (Wildman–Crippen MR) is 152 cm³/mol. The van der Waals surface area contributed by atoms with Crippen LogP contribution in [0.4, 0.5) is 13.2 Å². The van der Waals surface area contributed by atoms with Gasteiger partial charge in [-0.05, 0) is 41.5 Å². The molecule has 4 aromatic rings. The summed E-state index contributed by atoms with van der Waals surface area (Å²) in [6.45, 7) is 1.26. The van der Waals surface area contributed by atoms with Gasteiger partial charge in [0.25, 0.3) is 0 Å². The van der Waals surface area contributed by atoms with E-state index in [0.717, 1.165) is 24.6 Å². The molecule has 0 radical (unpaired) electrons. The van der Waals surface area contributed by atoms with Crippen molar-refractivity contribution in [3.8, 4) is 11.8 Å². The summed E-state index contributed by atoms with van der Waals surface area (Å²) < 4.78 is 57.1. The number of nitrogens with zero attached hydrogens (tertiary/aromatic N) is 2. The van der Waals surface area contributed by atoms with E-state index in [4.69, 9.17) is 14.2 Å². The van der Waals surface area contributed by atoms with Gasteiger partial charge in [-0.1, -0.05) is 64.5 Å². The summed E-state index contributed by atoms with van der Waals surface area (Å²) in [7, 11) is 0. The van der Waals surface area contributed by atoms with Crippen LogP contribution in [0, 0.1) is 11.3 Å². The Hall–Kier alpha value is -4.69. The molecule has 1 heterocycles. The van der Waals surface area contributed by atoms with Gasteiger partial charge in [0.2, 0.25) is 6.10 Å². The lowest BCUT2D eigenvalue weighted by Gasteiger charge is -2.24. The molecule has 0 amide bonds. The fraction of sp³-hybridized carbons (Fsp3) is 0.188. The fourth-order valence-corrected chi connectivity index (χ4v) is 4.70. The summed E-state index contributed by atoms with van der Waals surface area (Å²) in [4.78, 5) is 29.4. The highest BCUT2D eigenvalue weighted by Gasteiger charge is 2.32. The summed E-state index contributed by atoms with van der Waals surface area (Å²) in [5.74, 6) is -1.40. The monoisotopic (exact) mass is 652 g/mol. The second kappa shape index (κ2) is 14.0. The Kier molecular flexibility index (Phi) is 10.2. The molecule has 0 saturated carbocycles. The zero-order valence-corrected chi connectivity index (χ0v) is 24.3. The molecule has 11 heteroatoms. The lowest BCUT2D eigenvalue weighted by Crippen LogP contribution is -2.24. The quantitative estimate of drug-likeness (QED) is 0.164. The summed E-state index contributed by atoms with van der Waals surface area (Å²) in [5.41, 5.74) is 1.31. The maximum atomic E-state index is 13.5. The van der Waals surface area contributed by atoms with Crippen molar-refractivity contribution in [3.05, 3.63) is 129 Å². The van der Waals surface area contributed by atoms with Crippen molar-refractivity contribution in [2.45, 2.75) is 38.3 Å². The van der Waals surface area contributed by atoms with Crippen molar-refractivity contribution in [3.63, 3.8) is 0 Å². The van der Waals surface area contributed by atoms with Crippen LogP contribution < -0.4 is 4.74 Å². The van der Waals surface area contributed by atoms with Gasteiger partial charge in [0.15, 0.2) is 0 Å². The number of esters is 2. The number of ether oxygens (including phenoxy) is 3. The molecule has 0 spiro atoms. The Bertz CT molecular complexity index is 1630. The minimum atomic E-state index is -4.55. The van der Waals surface area contributed by atoms with E-state index in [1.165, 1.54) is 18.2 Å². The zero-order chi connectivity index (χ0) is 31.0. The predicted octanol–water partition coefficient (Wildman–Crippen LogP) is 7.44. The molecule has 7 nitrogen and oxygen atoms in total. The van der Waals surface area contributed by atoms with Gasteiger partial charge >= 0.3 is 18.1 Å². The van der Waals surface area contributed by atoms with Gasteiger partial charge in [0.1, 0.15) is 24.5 Å². The Morgan fingerprint density at radius 2 is 1.74 bits per heavy atom. The Labute approximate surface area is 254 Å². The minimum Gasteiger partial charge on any atom is -0.487 e. The van der Waals surface area contributed by atoms with Crippen molar-refractivity contribution >= 4 is 27.9 Å². The van der Waals surface area contributed by atoms with Crippen LogP contribution in [-0.4, -0.2) is 16.9 Å². The lowest BCUT2D eigenvalue weighted by molar-refractivity contribution is -0.171. The number of hydrogen-bond acceptors (Lipinski definition) is 7. The van der Waals surface area contributed by atoms with E-state index in [2.05, 4.69) is 27.0 Å². The molecule has 0 saturated heterocycles. The van der Waals surface area contributed by atoms with Crippen molar-refractivity contribution in [1.82, 2.24) is 4.98 Å². The number of alkyl halides is 3. The summed E-state index contributed by atoms with van der Waals surface area (Å²) in [5, 5.41) is 9.66. The van der Waals surface area contributed by atoms with Gasteiger partial charge in [-0.25, -0.2) is 4.79 Å². The second-order valence-electron chi connectivity index (χ2n) is 9.35. The Morgan fingerprint density at radius 3 is 2.37 bits per heavy atom. The Morgan fingerprint density at radius 1 is 0.977 bits per heavy atom. The molecule has 0 aliphatic heterocycles. The number of hydrogen-bond donors (Lipinski definition) is 0. The van der Waals surface area contributed by atoms with Gasteiger partial charge in [0, 0.05) is 41.3 Å². The van der Waals surface area contributed by atoms with Crippen molar-refractivity contribution < 1.29 is 37.0 Å². The molecule has 43 heavy (non-hydrogen) atoms. The van der Waals surface area contributed by atoms with Crippen LogP contribution in [0.1, 0.15) is 52.5 Å². The van der Waals surface area contributed by atoms with Crippen LogP contribution in [-0.2, 0) is 38.3 Å². The number of carbonyl (C=O) groups is 2. The first-order chi connectivity index (χ1) is 20.5. The number of carbonyl (C=O) groups excluding carboxylic acids is 2. The van der Waals surface area contributed by atoms with Crippen LogP contribution >= 0.6 is 15.9 Å². The third-order valence-corrected chi connectivity index (χ3v) is 7.00. The number of nitriles is 1. The van der Waals surface area contributed by atoms with E-state index in [9.17, 15) is 28.0 Å². The maximum Gasteiger partial charge on any atom is 0.416 e. The van der Waals surface area contributed by atoms with Gasteiger partial charge in [-0.3, -0.25) is 9.78 Å². The van der Waals surface area contributed by atoms with Crippen LogP contribution in [0.5, 0.6) is 5.75 Å². The highest BCUT2D eigenvalue weighted by molar-refractivity contribution is 9.10. The zero-order valence-electron chi connectivity index (χ0n) is 22.7. The number of rotatable bonds is 10. The molecule has 0 aliphatic rings. The van der Waals surface area contributed by atoms with Gasteiger partial charge in [-0.2, -0.15) is 18.4 Å². The molecule has 4 rings (SSSR count). The summed E-state index contributed by atoms with van der Waals surface area (Å²) in [6.07, 6.45) is -3.84. The molecule has 220 valence electrons. The highest BCUT2D eigenvalue weighted by atomic mass is 79.9. The molecule has 0 N–H and O–H groups in total. The van der Waals surface area contributed by atoms with Crippen molar-refractivity contribution in [2.75, 3.05) is 0 Å².